The number of phenolic OH excluding ortho intramolecular Hbond substituents is 1. The SMILES string of the molecule is Cl.Nc1ccc(-c2ccc3c(c2)OCO3)c(O)c1. The van der Waals surface area contributed by atoms with Gasteiger partial charge in [-0.1, -0.05) is 6.07 Å². The fraction of sp³-hybridized carbons (Fsp3) is 0.0769. The number of nitrogens with two attached hydrogens (primary N) is 1. The summed E-state index contributed by atoms with van der Waals surface area (Å²) in [7, 11) is 0. The van der Waals surface area contributed by atoms with E-state index in [1.165, 1.54) is 6.07 Å². The highest BCUT2D eigenvalue weighted by Gasteiger charge is 2.15. The van der Waals surface area contributed by atoms with E-state index in [0.29, 0.717) is 11.4 Å². The normalized spacial score (nSPS) is 12.0. The van der Waals surface area contributed by atoms with E-state index in [4.69, 9.17) is 15.2 Å². The molecular formula is C13H12ClNO3. The molecule has 0 aromatic heterocycles. The molecule has 0 bridgehead atoms. The van der Waals surface area contributed by atoms with E-state index in [2.05, 4.69) is 0 Å². The monoisotopic (exact) mass is 265 g/mol. The molecule has 1 aliphatic heterocycles. The third-order valence-corrected chi connectivity index (χ3v) is 2.71. The van der Waals surface area contributed by atoms with Crippen LogP contribution in [0.15, 0.2) is 36.4 Å². The predicted molar refractivity (Wildman–Crippen MR) is 71.3 cm³/mol. The van der Waals surface area contributed by atoms with Gasteiger partial charge in [0.2, 0.25) is 6.79 Å². The molecule has 1 heterocycles. The molecule has 0 saturated heterocycles. The minimum atomic E-state index is 0. The van der Waals surface area contributed by atoms with Crippen molar-refractivity contribution in [2.75, 3.05) is 12.5 Å². The zero-order chi connectivity index (χ0) is 11.8. The number of halogens is 1. The summed E-state index contributed by atoms with van der Waals surface area (Å²) in [6.45, 7) is 0.243. The van der Waals surface area contributed by atoms with Crippen LogP contribution in [-0.2, 0) is 0 Å². The van der Waals surface area contributed by atoms with Crippen LogP contribution in [0.2, 0.25) is 0 Å². The van der Waals surface area contributed by atoms with Crippen molar-refractivity contribution in [2.24, 2.45) is 0 Å². The van der Waals surface area contributed by atoms with Crippen LogP contribution in [0.5, 0.6) is 17.2 Å². The smallest absolute Gasteiger partial charge is 0.231 e. The number of anilines is 1. The molecule has 2 aromatic rings. The van der Waals surface area contributed by atoms with E-state index >= 15 is 0 Å². The van der Waals surface area contributed by atoms with Crippen LogP contribution in [0, 0.1) is 0 Å². The molecule has 0 spiro atoms. The molecule has 0 saturated carbocycles. The zero-order valence-corrected chi connectivity index (χ0v) is 10.2. The summed E-state index contributed by atoms with van der Waals surface area (Å²) in [6.07, 6.45) is 0. The first-order valence-electron chi connectivity index (χ1n) is 5.22. The molecule has 0 radical (unpaired) electrons. The molecule has 2 aromatic carbocycles. The molecule has 1 aliphatic rings. The van der Waals surface area contributed by atoms with E-state index in [1.54, 1.807) is 12.1 Å². The summed E-state index contributed by atoms with van der Waals surface area (Å²) in [5.74, 6) is 1.58. The van der Waals surface area contributed by atoms with E-state index in [9.17, 15) is 5.11 Å². The van der Waals surface area contributed by atoms with Crippen LogP contribution >= 0.6 is 12.4 Å². The van der Waals surface area contributed by atoms with Crippen LogP contribution in [0.25, 0.3) is 11.1 Å². The van der Waals surface area contributed by atoms with Gasteiger partial charge < -0.3 is 20.3 Å². The standard InChI is InChI=1S/C13H11NO3.ClH/c14-9-2-3-10(11(15)6-9)8-1-4-12-13(5-8)17-7-16-12;/h1-6,15H,7,14H2;1H. The second-order valence-corrected chi connectivity index (χ2v) is 3.84. The third-order valence-electron chi connectivity index (χ3n) is 2.71. The van der Waals surface area contributed by atoms with Gasteiger partial charge in [0, 0.05) is 17.3 Å². The van der Waals surface area contributed by atoms with E-state index in [1.807, 2.05) is 18.2 Å². The summed E-state index contributed by atoms with van der Waals surface area (Å²) < 4.78 is 10.5. The Morgan fingerprint density at radius 1 is 1.00 bits per heavy atom. The highest BCUT2D eigenvalue weighted by molar-refractivity contribution is 5.85. The minimum Gasteiger partial charge on any atom is -0.507 e. The van der Waals surface area contributed by atoms with Gasteiger partial charge in [0.15, 0.2) is 11.5 Å². The van der Waals surface area contributed by atoms with Gasteiger partial charge in [0.05, 0.1) is 0 Å². The van der Waals surface area contributed by atoms with Gasteiger partial charge in [-0.05, 0) is 29.8 Å². The second kappa shape index (κ2) is 4.66. The van der Waals surface area contributed by atoms with Crippen molar-refractivity contribution in [3.05, 3.63) is 36.4 Å². The number of benzene rings is 2. The number of nitrogen functional groups attached to an aromatic ring is 1. The molecule has 18 heavy (non-hydrogen) atoms. The maximum absolute atomic E-state index is 9.84. The maximum Gasteiger partial charge on any atom is 0.231 e. The first-order valence-corrected chi connectivity index (χ1v) is 5.22. The van der Waals surface area contributed by atoms with E-state index in [-0.39, 0.29) is 24.9 Å². The highest BCUT2D eigenvalue weighted by atomic mass is 35.5. The molecule has 0 unspecified atom stereocenters. The Bertz CT molecular complexity index is 586. The van der Waals surface area contributed by atoms with Crippen molar-refractivity contribution in [1.29, 1.82) is 0 Å². The van der Waals surface area contributed by atoms with Crippen LogP contribution in [0.4, 0.5) is 5.69 Å². The van der Waals surface area contributed by atoms with Crippen molar-refractivity contribution < 1.29 is 14.6 Å². The molecule has 3 rings (SSSR count). The summed E-state index contributed by atoms with van der Waals surface area (Å²) in [4.78, 5) is 0. The van der Waals surface area contributed by atoms with Gasteiger partial charge in [0.1, 0.15) is 5.75 Å². The predicted octanol–water partition coefficient (Wildman–Crippen LogP) is 2.79. The fourth-order valence-electron chi connectivity index (χ4n) is 1.86. The topological polar surface area (TPSA) is 64.7 Å². The fourth-order valence-corrected chi connectivity index (χ4v) is 1.86. The summed E-state index contributed by atoms with van der Waals surface area (Å²) >= 11 is 0. The molecule has 5 heteroatoms. The van der Waals surface area contributed by atoms with Crippen molar-refractivity contribution in [2.45, 2.75) is 0 Å². The Hall–Kier alpha value is -2.07. The highest BCUT2D eigenvalue weighted by Crippen LogP contribution is 2.38. The van der Waals surface area contributed by atoms with Crippen molar-refractivity contribution in [3.63, 3.8) is 0 Å². The number of rotatable bonds is 1. The number of phenols is 1. The third kappa shape index (κ3) is 2.02. The Morgan fingerprint density at radius 2 is 1.78 bits per heavy atom. The lowest BCUT2D eigenvalue weighted by atomic mass is 10.0. The van der Waals surface area contributed by atoms with Crippen LogP contribution < -0.4 is 15.2 Å². The number of hydrogen-bond donors (Lipinski definition) is 2. The maximum atomic E-state index is 9.84. The van der Waals surface area contributed by atoms with Gasteiger partial charge in [-0.2, -0.15) is 0 Å². The van der Waals surface area contributed by atoms with Gasteiger partial charge in [-0.15, -0.1) is 12.4 Å². The molecule has 0 amide bonds. The molecule has 0 fully saturated rings. The molecule has 0 aliphatic carbocycles. The Kier molecular flexibility index (Phi) is 3.21. The first kappa shape index (κ1) is 12.4. The van der Waals surface area contributed by atoms with E-state index in [0.717, 1.165) is 16.9 Å². The summed E-state index contributed by atoms with van der Waals surface area (Å²) in [6, 6.07) is 10.6. The van der Waals surface area contributed by atoms with Gasteiger partial charge in [-0.3, -0.25) is 0 Å². The Morgan fingerprint density at radius 3 is 2.56 bits per heavy atom. The number of ether oxygens (including phenoxy) is 2. The Labute approximate surface area is 110 Å². The molecule has 0 atom stereocenters. The average Bonchev–Trinajstić information content (AvgIpc) is 2.75. The quantitative estimate of drug-likeness (QED) is 0.778. The van der Waals surface area contributed by atoms with Crippen LogP contribution in [0.1, 0.15) is 0 Å². The second-order valence-electron chi connectivity index (χ2n) is 3.84. The van der Waals surface area contributed by atoms with Crippen molar-refractivity contribution >= 4 is 18.1 Å². The first-order chi connectivity index (χ1) is 8.24. The van der Waals surface area contributed by atoms with Gasteiger partial charge >= 0.3 is 0 Å². The Balaban J connectivity index is 0.00000120. The number of hydrogen-bond acceptors (Lipinski definition) is 4. The lowest BCUT2D eigenvalue weighted by Gasteiger charge is -2.06. The molecule has 94 valence electrons. The summed E-state index contributed by atoms with van der Waals surface area (Å²) in [5.41, 5.74) is 7.71. The zero-order valence-electron chi connectivity index (χ0n) is 9.42. The lowest BCUT2D eigenvalue weighted by Crippen LogP contribution is -1.92. The molecular weight excluding hydrogens is 254 g/mol. The molecule has 4 nitrogen and oxygen atoms in total. The van der Waals surface area contributed by atoms with Crippen LogP contribution in [0.3, 0.4) is 0 Å². The lowest BCUT2D eigenvalue weighted by molar-refractivity contribution is 0.174. The summed E-state index contributed by atoms with van der Waals surface area (Å²) in [5, 5.41) is 9.84. The number of fused-ring (bicyclic) bond motifs is 1. The average molecular weight is 266 g/mol. The van der Waals surface area contributed by atoms with Crippen LogP contribution in [-0.4, -0.2) is 11.9 Å². The van der Waals surface area contributed by atoms with Crippen molar-refractivity contribution in [1.82, 2.24) is 0 Å². The minimum absolute atomic E-state index is 0. The number of aromatic hydroxyl groups is 1. The van der Waals surface area contributed by atoms with Gasteiger partial charge in [-0.25, -0.2) is 0 Å². The van der Waals surface area contributed by atoms with Crippen molar-refractivity contribution in [3.8, 4) is 28.4 Å². The van der Waals surface area contributed by atoms with Gasteiger partial charge in [0.25, 0.3) is 0 Å². The molecule has 3 N–H and O–H groups in total. The largest absolute Gasteiger partial charge is 0.507 e. The van der Waals surface area contributed by atoms with E-state index < -0.39 is 0 Å².